The molecule has 8 heteroatoms. The molecule has 0 bridgehead atoms. The SMILES string of the molecule is CC1CCN(C(=O)c2cc(C(F)(F)F)cc(C(F)(F)F)c2)CC1. The van der Waals surface area contributed by atoms with Crippen LogP contribution < -0.4 is 0 Å². The third kappa shape index (κ3) is 4.17. The number of likely N-dealkylation sites (tertiary alicyclic amines) is 1. The van der Waals surface area contributed by atoms with Crippen LogP contribution in [0.5, 0.6) is 0 Å². The number of carbonyl (C=O) groups is 1. The van der Waals surface area contributed by atoms with E-state index in [4.69, 9.17) is 0 Å². The number of hydrogen-bond acceptors (Lipinski definition) is 1. The van der Waals surface area contributed by atoms with Crippen LogP contribution in [0.3, 0.4) is 0 Å². The first kappa shape index (κ1) is 17.6. The molecule has 1 amide bonds. The molecule has 1 aromatic rings. The van der Waals surface area contributed by atoms with Crippen molar-refractivity contribution in [2.45, 2.75) is 32.1 Å². The summed E-state index contributed by atoms with van der Waals surface area (Å²) in [7, 11) is 0. The second-order valence-corrected chi connectivity index (χ2v) is 5.77. The standard InChI is InChI=1S/C15H15F6NO/c1-9-2-4-22(5-3-9)13(23)10-6-11(14(16,17)18)8-12(7-10)15(19,20)21/h6-9H,2-5H2,1H3. The van der Waals surface area contributed by atoms with Crippen molar-refractivity contribution < 1.29 is 31.1 Å². The van der Waals surface area contributed by atoms with E-state index in [0.717, 1.165) is 0 Å². The molecular formula is C15H15F6NO. The van der Waals surface area contributed by atoms with Crippen molar-refractivity contribution in [3.8, 4) is 0 Å². The van der Waals surface area contributed by atoms with Crippen LogP contribution in [0.15, 0.2) is 18.2 Å². The maximum atomic E-state index is 12.8. The number of piperidine rings is 1. The molecular weight excluding hydrogens is 324 g/mol. The Morgan fingerprint density at radius 3 is 1.78 bits per heavy atom. The van der Waals surface area contributed by atoms with E-state index >= 15 is 0 Å². The monoisotopic (exact) mass is 339 g/mol. The lowest BCUT2D eigenvalue weighted by Crippen LogP contribution is -2.38. The number of carbonyl (C=O) groups excluding carboxylic acids is 1. The molecule has 23 heavy (non-hydrogen) atoms. The molecule has 2 nitrogen and oxygen atoms in total. The molecule has 0 N–H and O–H groups in total. The van der Waals surface area contributed by atoms with Crippen LogP contribution in [-0.4, -0.2) is 23.9 Å². The van der Waals surface area contributed by atoms with Gasteiger partial charge >= 0.3 is 12.4 Å². The van der Waals surface area contributed by atoms with Gasteiger partial charge in [0.05, 0.1) is 11.1 Å². The van der Waals surface area contributed by atoms with E-state index in [1.165, 1.54) is 4.90 Å². The van der Waals surface area contributed by atoms with Gasteiger partial charge in [-0.3, -0.25) is 4.79 Å². The highest BCUT2D eigenvalue weighted by Crippen LogP contribution is 2.36. The minimum absolute atomic E-state index is 0.0229. The molecule has 1 aliphatic rings. The van der Waals surface area contributed by atoms with Crippen LogP contribution >= 0.6 is 0 Å². The maximum absolute atomic E-state index is 12.8. The fourth-order valence-electron chi connectivity index (χ4n) is 2.47. The summed E-state index contributed by atoms with van der Waals surface area (Å²) in [6.45, 7) is 2.64. The zero-order chi connectivity index (χ0) is 17.4. The minimum atomic E-state index is -4.95. The van der Waals surface area contributed by atoms with Crippen molar-refractivity contribution >= 4 is 5.91 Å². The Morgan fingerprint density at radius 1 is 0.957 bits per heavy atom. The molecule has 0 aromatic heterocycles. The van der Waals surface area contributed by atoms with Gasteiger partial charge in [-0.1, -0.05) is 6.92 Å². The number of alkyl halides is 6. The first-order valence-corrected chi connectivity index (χ1v) is 7.07. The minimum Gasteiger partial charge on any atom is -0.339 e. The van der Waals surface area contributed by atoms with E-state index in [9.17, 15) is 31.1 Å². The fraction of sp³-hybridized carbons (Fsp3) is 0.533. The second kappa shape index (κ2) is 6.05. The van der Waals surface area contributed by atoms with Crippen molar-refractivity contribution in [2.75, 3.05) is 13.1 Å². The molecule has 0 unspecified atom stereocenters. The van der Waals surface area contributed by atoms with Gasteiger partial charge in [-0.05, 0) is 37.0 Å². The Kier molecular flexibility index (Phi) is 4.64. The number of hydrogen-bond donors (Lipinski definition) is 0. The third-order valence-corrected chi connectivity index (χ3v) is 3.91. The third-order valence-electron chi connectivity index (χ3n) is 3.91. The topological polar surface area (TPSA) is 20.3 Å². The molecule has 128 valence electrons. The normalized spacial score (nSPS) is 17.4. The number of amides is 1. The Labute approximate surface area is 129 Å². The zero-order valence-electron chi connectivity index (χ0n) is 12.3. The van der Waals surface area contributed by atoms with E-state index in [1.54, 1.807) is 0 Å². The maximum Gasteiger partial charge on any atom is 0.416 e. The van der Waals surface area contributed by atoms with Crippen molar-refractivity contribution in [2.24, 2.45) is 5.92 Å². The van der Waals surface area contributed by atoms with Crippen LogP contribution in [0.25, 0.3) is 0 Å². The summed E-state index contributed by atoms with van der Waals surface area (Å²) in [6.07, 6.45) is -8.55. The van der Waals surface area contributed by atoms with Gasteiger partial charge in [0.15, 0.2) is 0 Å². The highest BCUT2D eigenvalue weighted by Gasteiger charge is 2.38. The van der Waals surface area contributed by atoms with Crippen LogP contribution in [0.2, 0.25) is 0 Å². The van der Waals surface area contributed by atoms with Gasteiger partial charge in [0, 0.05) is 18.7 Å². The van der Waals surface area contributed by atoms with Gasteiger partial charge < -0.3 is 4.90 Å². The molecule has 0 atom stereocenters. The molecule has 0 saturated carbocycles. The van der Waals surface area contributed by atoms with Gasteiger partial charge in [0.1, 0.15) is 0 Å². The number of halogens is 6. The number of benzene rings is 1. The highest BCUT2D eigenvalue weighted by atomic mass is 19.4. The summed E-state index contributed by atoms with van der Waals surface area (Å²) in [5.74, 6) is -0.417. The van der Waals surface area contributed by atoms with E-state index in [0.29, 0.717) is 44.0 Å². The average Bonchev–Trinajstić information content (AvgIpc) is 2.45. The lowest BCUT2D eigenvalue weighted by Gasteiger charge is -2.30. The zero-order valence-corrected chi connectivity index (χ0v) is 12.3. The smallest absolute Gasteiger partial charge is 0.339 e. The van der Waals surface area contributed by atoms with Crippen LogP contribution in [0.4, 0.5) is 26.3 Å². The van der Waals surface area contributed by atoms with E-state index < -0.39 is 35.0 Å². The van der Waals surface area contributed by atoms with Crippen LogP contribution in [0, 0.1) is 5.92 Å². The summed E-state index contributed by atoms with van der Waals surface area (Å²) >= 11 is 0. The Morgan fingerprint density at radius 2 is 1.39 bits per heavy atom. The lowest BCUT2D eigenvalue weighted by atomic mass is 9.98. The average molecular weight is 339 g/mol. The first-order chi connectivity index (χ1) is 10.5. The van der Waals surface area contributed by atoms with Gasteiger partial charge in [-0.15, -0.1) is 0 Å². The second-order valence-electron chi connectivity index (χ2n) is 5.77. The number of nitrogens with zero attached hydrogens (tertiary/aromatic N) is 1. The molecule has 1 heterocycles. The molecule has 0 spiro atoms. The van der Waals surface area contributed by atoms with Gasteiger partial charge in [0.2, 0.25) is 0 Å². The molecule has 1 aliphatic heterocycles. The molecule has 1 aromatic carbocycles. The predicted molar refractivity (Wildman–Crippen MR) is 70.7 cm³/mol. The first-order valence-electron chi connectivity index (χ1n) is 7.07. The van der Waals surface area contributed by atoms with Gasteiger partial charge in [-0.25, -0.2) is 0 Å². The van der Waals surface area contributed by atoms with E-state index in [2.05, 4.69) is 0 Å². The lowest BCUT2D eigenvalue weighted by molar-refractivity contribution is -0.143. The molecule has 2 rings (SSSR count). The largest absolute Gasteiger partial charge is 0.416 e. The Hall–Kier alpha value is -1.73. The Bertz CT molecular complexity index is 552. The molecule has 0 radical (unpaired) electrons. The fourth-order valence-corrected chi connectivity index (χ4v) is 2.47. The summed E-state index contributed by atoms with van der Waals surface area (Å²) in [5.41, 5.74) is -3.52. The van der Waals surface area contributed by atoms with Crippen LogP contribution in [0.1, 0.15) is 41.3 Å². The predicted octanol–water partition coefficient (Wildman–Crippen LogP) is 4.60. The van der Waals surface area contributed by atoms with Crippen molar-refractivity contribution in [3.05, 3.63) is 34.9 Å². The Balaban J connectivity index is 2.39. The van der Waals surface area contributed by atoms with Crippen LogP contribution in [-0.2, 0) is 12.4 Å². The molecule has 0 aliphatic carbocycles. The highest BCUT2D eigenvalue weighted by molar-refractivity contribution is 5.94. The summed E-state index contributed by atoms with van der Waals surface area (Å²) in [5, 5.41) is 0. The quantitative estimate of drug-likeness (QED) is 0.685. The van der Waals surface area contributed by atoms with E-state index in [-0.39, 0.29) is 6.07 Å². The van der Waals surface area contributed by atoms with Gasteiger partial charge in [0.25, 0.3) is 5.91 Å². The molecule has 1 saturated heterocycles. The molecule has 1 fully saturated rings. The van der Waals surface area contributed by atoms with Crippen molar-refractivity contribution in [1.82, 2.24) is 4.90 Å². The number of rotatable bonds is 1. The summed E-state index contributed by atoms with van der Waals surface area (Å²) in [6, 6.07) is 0.986. The van der Waals surface area contributed by atoms with Gasteiger partial charge in [-0.2, -0.15) is 26.3 Å². The van der Waals surface area contributed by atoms with E-state index in [1.807, 2.05) is 6.92 Å². The summed E-state index contributed by atoms with van der Waals surface area (Å²) < 4.78 is 76.8. The summed E-state index contributed by atoms with van der Waals surface area (Å²) in [4.78, 5) is 13.6. The van der Waals surface area contributed by atoms with Crippen molar-refractivity contribution in [1.29, 1.82) is 0 Å². The van der Waals surface area contributed by atoms with Crippen molar-refractivity contribution in [3.63, 3.8) is 0 Å².